The number of carbonyl (C=O) groups excluding carboxylic acids is 3. The number of nitrogens with zero attached hydrogens (tertiary/aromatic N) is 1. The van der Waals surface area contributed by atoms with Gasteiger partial charge in [0.25, 0.3) is 5.91 Å². The van der Waals surface area contributed by atoms with Crippen molar-refractivity contribution in [3.8, 4) is 5.75 Å². The number of anilines is 1. The Bertz CT molecular complexity index is 1010. The molecule has 3 amide bonds. The molecule has 33 heavy (non-hydrogen) atoms. The van der Waals surface area contributed by atoms with Crippen LogP contribution in [-0.4, -0.2) is 61.1 Å². The molecule has 0 saturated carbocycles. The molecule has 3 atom stereocenters. The van der Waals surface area contributed by atoms with Crippen LogP contribution in [0.5, 0.6) is 5.75 Å². The van der Waals surface area contributed by atoms with Gasteiger partial charge in [0.05, 0.1) is 30.6 Å². The summed E-state index contributed by atoms with van der Waals surface area (Å²) in [6, 6.07) is 8.79. The lowest BCUT2D eigenvalue weighted by Gasteiger charge is -2.42. The third kappa shape index (κ3) is 5.54. The Balaban J connectivity index is 1.45. The third-order valence-electron chi connectivity index (χ3n) is 6.00. The minimum atomic E-state index is -0.314. The summed E-state index contributed by atoms with van der Waals surface area (Å²) in [5.74, 6) is 0.107. The highest BCUT2D eigenvalue weighted by Crippen LogP contribution is 2.32. The Hall–Kier alpha value is -2.91. The van der Waals surface area contributed by atoms with Crippen molar-refractivity contribution in [3.05, 3.63) is 46.2 Å². The van der Waals surface area contributed by atoms with Gasteiger partial charge in [0.1, 0.15) is 18.5 Å². The van der Waals surface area contributed by atoms with Crippen LogP contribution in [0.1, 0.15) is 41.4 Å². The quantitative estimate of drug-likeness (QED) is 0.675. The maximum atomic E-state index is 13.3. The minimum absolute atomic E-state index is 0.0313. The van der Waals surface area contributed by atoms with E-state index in [0.717, 1.165) is 11.3 Å². The first-order valence-corrected chi connectivity index (χ1v) is 12.1. The molecular weight excluding hydrogens is 442 g/mol. The predicted octanol–water partition coefficient (Wildman–Crippen LogP) is 2.84. The van der Waals surface area contributed by atoms with Crippen LogP contribution >= 0.6 is 11.3 Å². The molecule has 2 N–H and O–H groups in total. The van der Waals surface area contributed by atoms with Crippen molar-refractivity contribution in [2.45, 2.75) is 50.9 Å². The summed E-state index contributed by atoms with van der Waals surface area (Å²) in [5, 5.41) is 7.61. The van der Waals surface area contributed by atoms with Crippen LogP contribution in [0.25, 0.3) is 0 Å². The van der Waals surface area contributed by atoms with E-state index in [2.05, 4.69) is 10.6 Å². The molecule has 0 radical (unpaired) electrons. The lowest BCUT2D eigenvalue weighted by Crippen LogP contribution is -2.54. The Morgan fingerprint density at radius 2 is 2.06 bits per heavy atom. The molecule has 1 saturated heterocycles. The molecule has 0 spiro atoms. The van der Waals surface area contributed by atoms with Gasteiger partial charge in [-0.1, -0.05) is 6.07 Å². The lowest BCUT2D eigenvalue weighted by molar-refractivity contribution is -0.134. The summed E-state index contributed by atoms with van der Waals surface area (Å²) in [4.78, 5) is 40.3. The summed E-state index contributed by atoms with van der Waals surface area (Å²) in [7, 11) is 1.77. The van der Waals surface area contributed by atoms with Crippen LogP contribution in [0, 0.1) is 0 Å². The number of benzene rings is 1. The SMILES string of the molecule is CCNC(=O)C[C@@H]1CC[C@@H]2[C@H](COc3ccc(NC(=O)Cc4cccs4)cc3C(=O)N2C)O1. The summed E-state index contributed by atoms with van der Waals surface area (Å²) < 4.78 is 12.1. The van der Waals surface area contributed by atoms with Gasteiger partial charge < -0.3 is 25.0 Å². The summed E-state index contributed by atoms with van der Waals surface area (Å²) in [6.45, 7) is 2.76. The molecule has 2 aliphatic heterocycles. The Morgan fingerprint density at radius 3 is 2.82 bits per heavy atom. The van der Waals surface area contributed by atoms with Crippen molar-refractivity contribution < 1.29 is 23.9 Å². The van der Waals surface area contributed by atoms with Crippen LogP contribution in [-0.2, 0) is 20.7 Å². The zero-order valence-corrected chi connectivity index (χ0v) is 19.7. The van der Waals surface area contributed by atoms with E-state index in [1.54, 1.807) is 30.1 Å². The van der Waals surface area contributed by atoms with Crippen molar-refractivity contribution in [1.82, 2.24) is 10.2 Å². The summed E-state index contributed by atoms with van der Waals surface area (Å²) in [5.41, 5.74) is 0.967. The van der Waals surface area contributed by atoms with E-state index < -0.39 is 0 Å². The minimum Gasteiger partial charge on any atom is -0.490 e. The van der Waals surface area contributed by atoms with Gasteiger partial charge in [-0.15, -0.1) is 11.3 Å². The van der Waals surface area contributed by atoms with Gasteiger partial charge in [0, 0.05) is 24.2 Å². The van der Waals surface area contributed by atoms with Crippen molar-refractivity contribution in [2.75, 3.05) is 25.5 Å². The number of rotatable bonds is 6. The highest BCUT2D eigenvalue weighted by Gasteiger charge is 2.39. The number of thiophene rings is 1. The average molecular weight is 472 g/mol. The van der Waals surface area contributed by atoms with Gasteiger partial charge >= 0.3 is 0 Å². The molecule has 2 aromatic rings. The summed E-state index contributed by atoms with van der Waals surface area (Å²) >= 11 is 1.53. The van der Waals surface area contributed by atoms with Crippen molar-refractivity contribution >= 4 is 34.7 Å². The van der Waals surface area contributed by atoms with Crippen LogP contribution in [0.4, 0.5) is 5.69 Å². The highest BCUT2D eigenvalue weighted by atomic mass is 32.1. The fourth-order valence-corrected chi connectivity index (χ4v) is 5.06. The van der Waals surface area contributed by atoms with Gasteiger partial charge in [-0.25, -0.2) is 0 Å². The number of hydrogen-bond acceptors (Lipinski definition) is 6. The predicted molar refractivity (Wildman–Crippen MR) is 126 cm³/mol. The molecule has 1 fully saturated rings. The normalized spacial score (nSPS) is 22.3. The van der Waals surface area contributed by atoms with E-state index in [0.29, 0.717) is 36.4 Å². The molecule has 176 valence electrons. The van der Waals surface area contributed by atoms with E-state index >= 15 is 0 Å². The molecule has 0 unspecified atom stereocenters. The number of carbonyl (C=O) groups is 3. The van der Waals surface area contributed by atoms with Crippen molar-refractivity contribution in [3.63, 3.8) is 0 Å². The van der Waals surface area contributed by atoms with Gasteiger partial charge in [0.2, 0.25) is 11.8 Å². The fraction of sp³-hybridized carbons (Fsp3) is 0.458. The monoisotopic (exact) mass is 471 g/mol. The van der Waals surface area contributed by atoms with Crippen LogP contribution in [0.15, 0.2) is 35.7 Å². The third-order valence-corrected chi connectivity index (χ3v) is 6.87. The first kappa shape index (κ1) is 23.3. The number of ether oxygens (including phenoxy) is 2. The fourth-order valence-electron chi connectivity index (χ4n) is 4.36. The second-order valence-corrected chi connectivity index (χ2v) is 9.37. The molecular formula is C24H29N3O5S. The Labute approximate surface area is 197 Å². The van der Waals surface area contributed by atoms with E-state index in [9.17, 15) is 14.4 Å². The molecule has 8 nitrogen and oxygen atoms in total. The first-order valence-electron chi connectivity index (χ1n) is 11.2. The second-order valence-electron chi connectivity index (χ2n) is 8.34. The van der Waals surface area contributed by atoms with Crippen LogP contribution < -0.4 is 15.4 Å². The zero-order chi connectivity index (χ0) is 23.4. The Kier molecular flexibility index (Phi) is 7.29. The molecule has 9 heteroatoms. The highest BCUT2D eigenvalue weighted by molar-refractivity contribution is 7.10. The van der Waals surface area contributed by atoms with E-state index in [1.807, 2.05) is 24.4 Å². The maximum absolute atomic E-state index is 13.3. The average Bonchev–Trinajstić information content (AvgIpc) is 3.29. The number of hydrogen-bond donors (Lipinski definition) is 2. The molecule has 2 aliphatic rings. The first-order chi connectivity index (χ1) is 15.9. The van der Waals surface area contributed by atoms with Gasteiger partial charge in [-0.3, -0.25) is 14.4 Å². The van der Waals surface area contributed by atoms with E-state index in [-0.39, 0.29) is 49.0 Å². The smallest absolute Gasteiger partial charge is 0.257 e. The molecule has 0 bridgehead atoms. The van der Waals surface area contributed by atoms with Crippen molar-refractivity contribution in [1.29, 1.82) is 0 Å². The maximum Gasteiger partial charge on any atom is 0.257 e. The largest absolute Gasteiger partial charge is 0.490 e. The topological polar surface area (TPSA) is 97.0 Å². The van der Waals surface area contributed by atoms with Gasteiger partial charge in [-0.2, -0.15) is 0 Å². The van der Waals surface area contributed by atoms with E-state index in [1.165, 1.54) is 11.3 Å². The van der Waals surface area contributed by atoms with Gasteiger partial charge in [-0.05, 0) is 49.4 Å². The Morgan fingerprint density at radius 1 is 1.21 bits per heavy atom. The number of nitrogens with one attached hydrogen (secondary N) is 2. The zero-order valence-electron chi connectivity index (χ0n) is 18.8. The lowest BCUT2D eigenvalue weighted by atomic mass is 9.94. The number of fused-ring (bicyclic) bond motifs is 2. The summed E-state index contributed by atoms with van der Waals surface area (Å²) in [6.07, 6.45) is 1.52. The molecule has 1 aromatic heterocycles. The molecule has 1 aromatic carbocycles. The van der Waals surface area contributed by atoms with Gasteiger partial charge in [0.15, 0.2) is 0 Å². The van der Waals surface area contributed by atoms with Crippen LogP contribution in [0.3, 0.4) is 0 Å². The van der Waals surface area contributed by atoms with E-state index in [4.69, 9.17) is 9.47 Å². The molecule has 0 aliphatic carbocycles. The number of amides is 3. The second kappa shape index (κ2) is 10.4. The standard InChI is InChI=1S/C24H29N3O5S/c1-3-25-22(28)12-16-7-8-19-21(32-16)14-31-20-9-6-15(11-18(20)24(30)27(19)2)26-23(29)13-17-5-4-10-33-17/h4-6,9-11,16,19,21H,3,7-8,12-14H2,1-2H3,(H,25,28)(H,26,29)/t16-,19+,21-/m0/s1. The van der Waals surface area contributed by atoms with Crippen LogP contribution in [0.2, 0.25) is 0 Å². The molecule has 3 heterocycles. The van der Waals surface area contributed by atoms with Crippen molar-refractivity contribution in [2.24, 2.45) is 0 Å². The number of likely N-dealkylation sites (N-methyl/N-ethyl adjacent to an activating group) is 1. The molecule has 4 rings (SSSR count).